The summed E-state index contributed by atoms with van der Waals surface area (Å²) in [7, 11) is 0. The van der Waals surface area contributed by atoms with E-state index in [2.05, 4.69) is 19.2 Å². The predicted molar refractivity (Wildman–Crippen MR) is 89.7 cm³/mol. The van der Waals surface area contributed by atoms with Crippen LogP contribution in [0.3, 0.4) is 0 Å². The van der Waals surface area contributed by atoms with Crippen molar-refractivity contribution in [3.63, 3.8) is 0 Å². The highest BCUT2D eigenvalue weighted by atomic mass is 16.6. The van der Waals surface area contributed by atoms with Crippen LogP contribution in [0, 0.1) is 0 Å². The molecule has 1 saturated heterocycles. The molecule has 6 nitrogen and oxygen atoms in total. The molecule has 1 fully saturated rings. The van der Waals surface area contributed by atoms with Crippen molar-refractivity contribution in [3.8, 4) is 0 Å². The van der Waals surface area contributed by atoms with Gasteiger partial charge >= 0.3 is 12.1 Å². The summed E-state index contributed by atoms with van der Waals surface area (Å²) in [5.74, 6) is 0.468. The molecule has 6 heteroatoms. The molecule has 1 aromatic carbocycles. The fourth-order valence-corrected chi connectivity index (χ4v) is 2.46. The molecule has 0 atom stereocenters. The van der Waals surface area contributed by atoms with Crippen LogP contribution in [0.2, 0.25) is 0 Å². The summed E-state index contributed by atoms with van der Waals surface area (Å²) in [6, 6.07) is 7.76. The van der Waals surface area contributed by atoms with Gasteiger partial charge < -0.3 is 19.9 Å². The number of anilines is 1. The number of ether oxygens (including phenoxy) is 1. The van der Waals surface area contributed by atoms with E-state index >= 15 is 0 Å². The molecule has 1 N–H and O–H groups in total. The largest absolute Gasteiger partial charge is 0.450 e. The monoisotopic (exact) mass is 319 g/mol. The first-order chi connectivity index (χ1) is 11.0. The minimum absolute atomic E-state index is 0.134. The minimum Gasteiger partial charge on any atom is -0.450 e. The molecule has 1 heterocycles. The van der Waals surface area contributed by atoms with Crippen LogP contribution in [-0.4, -0.2) is 54.7 Å². The molecule has 0 saturated carbocycles. The molecule has 1 aliphatic heterocycles. The van der Waals surface area contributed by atoms with Gasteiger partial charge in [-0.1, -0.05) is 26.0 Å². The highest BCUT2D eigenvalue weighted by Gasteiger charge is 2.24. The van der Waals surface area contributed by atoms with Crippen LogP contribution >= 0.6 is 0 Å². The molecule has 3 amide bonds. The number of hydrogen-bond donors (Lipinski definition) is 1. The molecular weight excluding hydrogens is 294 g/mol. The van der Waals surface area contributed by atoms with Crippen molar-refractivity contribution >= 4 is 17.8 Å². The smallest absolute Gasteiger partial charge is 0.409 e. The number of hydrogen-bond acceptors (Lipinski definition) is 3. The van der Waals surface area contributed by atoms with Crippen LogP contribution in [0.1, 0.15) is 32.3 Å². The van der Waals surface area contributed by atoms with Gasteiger partial charge in [-0.2, -0.15) is 0 Å². The number of rotatable bonds is 3. The Hall–Kier alpha value is -2.24. The Morgan fingerprint density at radius 1 is 1.09 bits per heavy atom. The first-order valence-corrected chi connectivity index (χ1v) is 8.09. The number of amides is 3. The Kier molecular flexibility index (Phi) is 5.84. The molecule has 1 aromatic rings. The van der Waals surface area contributed by atoms with Crippen LogP contribution < -0.4 is 5.32 Å². The van der Waals surface area contributed by atoms with Gasteiger partial charge in [0.15, 0.2) is 0 Å². The maximum Gasteiger partial charge on any atom is 0.409 e. The summed E-state index contributed by atoms with van der Waals surface area (Å²) < 4.78 is 4.97. The maximum atomic E-state index is 12.3. The SMILES string of the molecule is CCOC(=O)N1CCN(C(=O)Nc2ccc(C(C)C)cc2)CC1. The summed E-state index contributed by atoms with van der Waals surface area (Å²) in [5, 5.41) is 2.90. The number of urea groups is 1. The zero-order chi connectivity index (χ0) is 16.8. The van der Waals surface area contributed by atoms with E-state index in [1.54, 1.807) is 16.7 Å². The van der Waals surface area contributed by atoms with E-state index in [-0.39, 0.29) is 12.1 Å². The second-order valence-corrected chi connectivity index (χ2v) is 5.88. The molecule has 0 aromatic heterocycles. The van der Waals surface area contributed by atoms with Gasteiger partial charge in [0.1, 0.15) is 0 Å². The van der Waals surface area contributed by atoms with Gasteiger partial charge in [-0.15, -0.1) is 0 Å². The second kappa shape index (κ2) is 7.85. The highest BCUT2D eigenvalue weighted by molar-refractivity contribution is 5.89. The molecular formula is C17H25N3O3. The lowest BCUT2D eigenvalue weighted by molar-refractivity contribution is 0.0868. The minimum atomic E-state index is -0.308. The van der Waals surface area contributed by atoms with Crippen molar-refractivity contribution in [1.82, 2.24) is 9.80 Å². The van der Waals surface area contributed by atoms with Crippen molar-refractivity contribution in [1.29, 1.82) is 0 Å². The molecule has 0 bridgehead atoms. The molecule has 0 spiro atoms. The molecule has 0 aliphatic carbocycles. The first kappa shape index (κ1) is 17.1. The zero-order valence-corrected chi connectivity index (χ0v) is 14.0. The molecule has 23 heavy (non-hydrogen) atoms. The maximum absolute atomic E-state index is 12.3. The number of carbonyl (C=O) groups excluding carboxylic acids is 2. The Labute approximate surface area is 137 Å². The zero-order valence-electron chi connectivity index (χ0n) is 14.0. The van der Waals surface area contributed by atoms with E-state index < -0.39 is 0 Å². The summed E-state index contributed by atoms with van der Waals surface area (Å²) in [6.45, 7) is 8.44. The number of benzene rings is 1. The average Bonchev–Trinajstić information content (AvgIpc) is 2.55. The lowest BCUT2D eigenvalue weighted by Gasteiger charge is -2.34. The Morgan fingerprint density at radius 3 is 2.17 bits per heavy atom. The summed E-state index contributed by atoms with van der Waals surface area (Å²) in [4.78, 5) is 27.2. The fraction of sp³-hybridized carbons (Fsp3) is 0.529. The molecule has 126 valence electrons. The van der Waals surface area contributed by atoms with E-state index in [0.29, 0.717) is 38.7 Å². The van der Waals surface area contributed by atoms with E-state index in [4.69, 9.17) is 4.74 Å². The summed E-state index contributed by atoms with van der Waals surface area (Å²) in [6.07, 6.45) is -0.308. The quantitative estimate of drug-likeness (QED) is 0.931. The van der Waals surface area contributed by atoms with E-state index in [1.807, 2.05) is 24.3 Å². The van der Waals surface area contributed by atoms with Gasteiger partial charge in [-0.25, -0.2) is 9.59 Å². The van der Waals surface area contributed by atoms with Crippen molar-refractivity contribution in [2.75, 3.05) is 38.1 Å². The van der Waals surface area contributed by atoms with Crippen molar-refractivity contribution in [2.24, 2.45) is 0 Å². The second-order valence-electron chi connectivity index (χ2n) is 5.88. The average molecular weight is 319 g/mol. The summed E-state index contributed by atoms with van der Waals surface area (Å²) in [5.41, 5.74) is 2.03. The Morgan fingerprint density at radius 2 is 1.65 bits per heavy atom. The van der Waals surface area contributed by atoms with Crippen molar-refractivity contribution in [3.05, 3.63) is 29.8 Å². The fourth-order valence-electron chi connectivity index (χ4n) is 2.46. The Bertz CT molecular complexity index is 535. The molecule has 1 aliphatic rings. The van der Waals surface area contributed by atoms with Gasteiger partial charge in [-0.3, -0.25) is 0 Å². The highest BCUT2D eigenvalue weighted by Crippen LogP contribution is 2.17. The molecule has 2 rings (SSSR count). The van der Waals surface area contributed by atoms with E-state index in [1.165, 1.54) is 5.56 Å². The number of nitrogens with one attached hydrogen (secondary N) is 1. The number of carbonyl (C=O) groups is 2. The van der Waals surface area contributed by atoms with E-state index in [0.717, 1.165) is 5.69 Å². The van der Waals surface area contributed by atoms with Crippen LogP contribution in [0.5, 0.6) is 0 Å². The third kappa shape index (κ3) is 4.61. The van der Waals surface area contributed by atoms with Gasteiger partial charge in [0.2, 0.25) is 0 Å². The topological polar surface area (TPSA) is 61.9 Å². The van der Waals surface area contributed by atoms with Gasteiger partial charge in [0.05, 0.1) is 6.61 Å². The van der Waals surface area contributed by atoms with Crippen molar-refractivity contribution in [2.45, 2.75) is 26.7 Å². The lowest BCUT2D eigenvalue weighted by Crippen LogP contribution is -2.51. The third-order valence-electron chi connectivity index (χ3n) is 3.92. The first-order valence-electron chi connectivity index (χ1n) is 8.09. The lowest BCUT2D eigenvalue weighted by atomic mass is 10.0. The van der Waals surface area contributed by atoms with Gasteiger partial charge in [-0.05, 0) is 30.5 Å². The third-order valence-corrected chi connectivity index (χ3v) is 3.92. The van der Waals surface area contributed by atoms with Crippen LogP contribution in [-0.2, 0) is 4.74 Å². The standard InChI is InChI=1S/C17H25N3O3/c1-4-23-17(22)20-11-9-19(10-12-20)16(21)18-15-7-5-14(6-8-15)13(2)3/h5-8,13H,4,9-12H2,1-3H3,(H,18,21). The van der Waals surface area contributed by atoms with Crippen LogP contribution in [0.15, 0.2) is 24.3 Å². The van der Waals surface area contributed by atoms with Gasteiger partial charge in [0.25, 0.3) is 0 Å². The molecule has 0 radical (unpaired) electrons. The van der Waals surface area contributed by atoms with Crippen molar-refractivity contribution < 1.29 is 14.3 Å². The predicted octanol–water partition coefficient (Wildman–Crippen LogP) is 3.12. The normalized spacial score (nSPS) is 14.8. The number of nitrogens with zero attached hydrogens (tertiary/aromatic N) is 2. The Balaban J connectivity index is 1.84. The van der Waals surface area contributed by atoms with Crippen LogP contribution in [0.4, 0.5) is 15.3 Å². The van der Waals surface area contributed by atoms with Gasteiger partial charge in [0, 0.05) is 31.9 Å². The van der Waals surface area contributed by atoms with E-state index in [9.17, 15) is 9.59 Å². The summed E-state index contributed by atoms with van der Waals surface area (Å²) >= 11 is 0. The molecule has 0 unspecified atom stereocenters. The van der Waals surface area contributed by atoms with Crippen LogP contribution in [0.25, 0.3) is 0 Å². The number of piperazine rings is 1.